The Morgan fingerprint density at radius 2 is 2.04 bits per heavy atom. The molecular weight excluding hydrogens is 332 g/mol. The highest BCUT2D eigenvalue weighted by Gasteiger charge is 2.14. The van der Waals surface area contributed by atoms with E-state index in [1.807, 2.05) is 31.2 Å². The van der Waals surface area contributed by atoms with Crippen LogP contribution in [0.3, 0.4) is 0 Å². The van der Waals surface area contributed by atoms with E-state index in [-0.39, 0.29) is 11.7 Å². The Hall–Kier alpha value is -2.40. The molecule has 0 aliphatic heterocycles. The minimum absolute atomic E-state index is 0.00814. The van der Waals surface area contributed by atoms with Crippen LogP contribution in [0.2, 0.25) is 0 Å². The van der Waals surface area contributed by atoms with Gasteiger partial charge in [-0.05, 0) is 43.2 Å². The van der Waals surface area contributed by atoms with Crippen molar-refractivity contribution in [2.75, 3.05) is 5.32 Å². The molecule has 25 heavy (non-hydrogen) atoms. The fourth-order valence-corrected chi connectivity index (χ4v) is 3.74. The van der Waals surface area contributed by atoms with E-state index in [1.165, 1.54) is 11.3 Å². The van der Waals surface area contributed by atoms with E-state index in [1.54, 1.807) is 12.1 Å². The number of aromatic hydroxyl groups is 1. The number of phenolic OH excluding ortho intramolecular Hbond substituents is 1. The first kappa shape index (κ1) is 17.4. The van der Waals surface area contributed by atoms with Gasteiger partial charge < -0.3 is 10.4 Å². The quantitative estimate of drug-likeness (QED) is 0.454. The number of carbonyl (C=O) groups is 1. The summed E-state index contributed by atoms with van der Waals surface area (Å²) in [5.41, 5.74) is 2.99. The minimum Gasteiger partial charge on any atom is -0.507 e. The zero-order chi connectivity index (χ0) is 17.8. The molecule has 1 amide bonds. The van der Waals surface area contributed by atoms with Gasteiger partial charge in [0.25, 0.3) is 0 Å². The largest absolute Gasteiger partial charge is 0.507 e. The molecule has 0 bridgehead atoms. The van der Waals surface area contributed by atoms with Gasteiger partial charge in [0.2, 0.25) is 5.91 Å². The number of amides is 1. The predicted molar refractivity (Wildman–Crippen MR) is 104 cm³/mol. The lowest BCUT2D eigenvalue weighted by atomic mass is 10.1. The van der Waals surface area contributed by atoms with Crippen LogP contribution in [0.15, 0.2) is 36.4 Å². The molecule has 130 valence electrons. The molecule has 3 rings (SSSR count). The summed E-state index contributed by atoms with van der Waals surface area (Å²) in [5, 5.41) is 14.2. The van der Waals surface area contributed by atoms with Gasteiger partial charge in [-0.1, -0.05) is 31.9 Å². The van der Waals surface area contributed by atoms with Crippen molar-refractivity contribution in [1.29, 1.82) is 0 Å². The standard InChI is InChI=1S/C20H22N2O2S/c1-3-4-5-10-18(23)21-14-11-13(2)19(24)15(12-14)20-22-16-8-6-7-9-17(16)25-20/h6-9,11-12,24H,3-5,10H2,1-2H3,(H,21,23). The Bertz CT molecular complexity index is 869. The van der Waals surface area contributed by atoms with Crippen LogP contribution < -0.4 is 5.32 Å². The second kappa shape index (κ2) is 7.66. The molecule has 0 spiro atoms. The normalized spacial score (nSPS) is 11.0. The number of carbonyl (C=O) groups excluding carboxylic acids is 1. The van der Waals surface area contributed by atoms with Crippen LogP contribution >= 0.6 is 11.3 Å². The lowest BCUT2D eigenvalue weighted by molar-refractivity contribution is -0.116. The van der Waals surface area contributed by atoms with E-state index >= 15 is 0 Å². The van der Waals surface area contributed by atoms with Gasteiger partial charge in [-0.2, -0.15) is 0 Å². The monoisotopic (exact) mass is 354 g/mol. The molecule has 3 aromatic rings. The number of rotatable bonds is 6. The molecule has 1 aromatic heterocycles. The van der Waals surface area contributed by atoms with Gasteiger partial charge in [0, 0.05) is 12.1 Å². The molecule has 5 heteroatoms. The number of hydrogen-bond donors (Lipinski definition) is 2. The Morgan fingerprint density at radius 3 is 2.80 bits per heavy atom. The first-order chi connectivity index (χ1) is 12.1. The number of phenols is 1. The number of aromatic nitrogens is 1. The molecule has 2 aromatic carbocycles. The number of unbranched alkanes of at least 4 members (excludes halogenated alkanes) is 2. The minimum atomic E-state index is 0.00814. The SMILES string of the molecule is CCCCCC(=O)Nc1cc(C)c(O)c(-c2nc3ccccc3s2)c1. The summed E-state index contributed by atoms with van der Waals surface area (Å²) >= 11 is 1.53. The molecule has 4 nitrogen and oxygen atoms in total. The molecular formula is C20H22N2O2S. The number of aryl methyl sites for hydroxylation is 1. The molecule has 0 aliphatic rings. The predicted octanol–water partition coefficient (Wildman–Crippen LogP) is 5.50. The highest BCUT2D eigenvalue weighted by Crippen LogP contribution is 2.38. The van der Waals surface area contributed by atoms with Crippen LogP contribution in [0.4, 0.5) is 5.69 Å². The lowest BCUT2D eigenvalue weighted by Gasteiger charge is -2.10. The second-order valence-corrected chi connectivity index (χ2v) is 7.21. The molecule has 0 saturated heterocycles. The first-order valence-electron chi connectivity index (χ1n) is 8.58. The van der Waals surface area contributed by atoms with Crippen LogP contribution in [-0.4, -0.2) is 16.0 Å². The number of para-hydroxylation sites is 1. The Balaban J connectivity index is 1.89. The van der Waals surface area contributed by atoms with E-state index in [2.05, 4.69) is 17.2 Å². The number of nitrogens with one attached hydrogen (secondary N) is 1. The molecule has 0 unspecified atom stereocenters. The lowest BCUT2D eigenvalue weighted by Crippen LogP contribution is -2.11. The molecule has 2 N–H and O–H groups in total. The van der Waals surface area contributed by atoms with Crippen LogP contribution in [0.5, 0.6) is 5.75 Å². The summed E-state index contributed by atoms with van der Waals surface area (Å²) in [4.78, 5) is 16.7. The van der Waals surface area contributed by atoms with Crippen LogP contribution in [0.1, 0.15) is 38.2 Å². The molecule has 0 saturated carbocycles. The topological polar surface area (TPSA) is 62.2 Å². The van der Waals surface area contributed by atoms with Gasteiger partial charge >= 0.3 is 0 Å². The van der Waals surface area contributed by atoms with Crippen LogP contribution in [0, 0.1) is 6.92 Å². The number of anilines is 1. The zero-order valence-electron chi connectivity index (χ0n) is 14.5. The third-order valence-corrected chi connectivity index (χ3v) is 5.19. The summed E-state index contributed by atoms with van der Waals surface area (Å²) in [5.74, 6) is 0.219. The summed E-state index contributed by atoms with van der Waals surface area (Å²) in [7, 11) is 0. The number of fused-ring (bicyclic) bond motifs is 1. The van der Waals surface area contributed by atoms with Crippen molar-refractivity contribution in [3.05, 3.63) is 42.0 Å². The van der Waals surface area contributed by atoms with Gasteiger partial charge in [-0.25, -0.2) is 4.98 Å². The van der Waals surface area contributed by atoms with Crippen LogP contribution in [0.25, 0.3) is 20.8 Å². The maximum atomic E-state index is 12.1. The van der Waals surface area contributed by atoms with Crippen molar-refractivity contribution >= 4 is 33.1 Å². The first-order valence-corrected chi connectivity index (χ1v) is 9.39. The highest BCUT2D eigenvalue weighted by atomic mass is 32.1. The van der Waals surface area contributed by atoms with Gasteiger partial charge in [-0.15, -0.1) is 11.3 Å². The fraction of sp³-hybridized carbons (Fsp3) is 0.300. The molecule has 0 fully saturated rings. The van der Waals surface area contributed by atoms with Crippen molar-refractivity contribution in [2.24, 2.45) is 0 Å². The van der Waals surface area contributed by atoms with Gasteiger partial charge in [0.15, 0.2) is 0 Å². The Kier molecular flexibility index (Phi) is 5.34. The third-order valence-electron chi connectivity index (χ3n) is 4.12. The second-order valence-electron chi connectivity index (χ2n) is 6.18. The molecule has 0 aliphatic carbocycles. The molecule has 0 atom stereocenters. The van der Waals surface area contributed by atoms with Crippen molar-refractivity contribution in [2.45, 2.75) is 39.5 Å². The van der Waals surface area contributed by atoms with Crippen molar-refractivity contribution < 1.29 is 9.90 Å². The average molecular weight is 354 g/mol. The third kappa shape index (κ3) is 3.99. The van der Waals surface area contributed by atoms with Gasteiger partial charge in [-0.3, -0.25) is 4.79 Å². The number of hydrogen-bond acceptors (Lipinski definition) is 4. The summed E-state index contributed by atoms with van der Waals surface area (Å²) in [6.45, 7) is 3.95. The van der Waals surface area contributed by atoms with Crippen LogP contribution in [-0.2, 0) is 4.79 Å². The van der Waals surface area contributed by atoms with E-state index in [4.69, 9.17) is 0 Å². The zero-order valence-corrected chi connectivity index (χ0v) is 15.3. The van der Waals surface area contributed by atoms with E-state index in [0.29, 0.717) is 17.7 Å². The maximum Gasteiger partial charge on any atom is 0.224 e. The van der Waals surface area contributed by atoms with E-state index in [0.717, 1.165) is 40.1 Å². The maximum absolute atomic E-state index is 12.1. The van der Waals surface area contributed by atoms with Gasteiger partial charge in [0.1, 0.15) is 10.8 Å². The summed E-state index contributed by atoms with van der Waals surface area (Å²) < 4.78 is 1.07. The Labute approximate surface area is 151 Å². The van der Waals surface area contributed by atoms with Crippen molar-refractivity contribution in [3.63, 3.8) is 0 Å². The molecule has 1 heterocycles. The van der Waals surface area contributed by atoms with Crippen molar-refractivity contribution in [1.82, 2.24) is 4.98 Å². The smallest absolute Gasteiger partial charge is 0.224 e. The van der Waals surface area contributed by atoms with E-state index < -0.39 is 0 Å². The highest BCUT2D eigenvalue weighted by molar-refractivity contribution is 7.21. The Morgan fingerprint density at radius 1 is 1.24 bits per heavy atom. The number of thiazole rings is 1. The van der Waals surface area contributed by atoms with E-state index in [9.17, 15) is 9.90 Å². The number of benzene rings is 2. The summed E-state index contributed by atoms with van der Waals surface area (Å²) in [6.07, 6.45) is 3.56. The van der Waals surface area contributed by atoms with Gasteiger partial charge in [0.05, 0.1) is 15.8 Å². The average Bonchev–Trinajstić information content (AvgIpc) is 3.02. The summed E-state index contributed by atoms with van der Waals surface area (Å²) in [6, 6.07) is 11.5. The molecule has 0 radical (unpaired) electrons. The fourth-order valence-electron chi connectivity index (χ4n) is 2.76. The number of nitrogens with zero attached hydrogens (tertiary/aromatic N) is 1. The van der Waals surface area contributed by atoms with Crippen molar-refractivity contribution in [3.8, 4) is 16.3 Å².